The van der Waals surface area contributed by atoms with E-state index in [1.54, 1.807) is 7.11 Å². The Balaban J connectivity index is 1.61. The second-order valence-electron chi connectivity index (χ2n) is 6.08. The van der Waals surface area contributed by atoms with Crippen LogP contribution in [-0.4, -0.2) is 45.3 Å². The van der Waals surface area contributed by atoms with Crippen molar-refractivity contribution in [1.29, 1.82) is 0 Å². The maximum absolute atomic E-state index is 12.5. The number of ether oxygens (including phenoxy) is 1. The standard InChI is InChI=1S/C18H21N3O4/c1-25-16-5-2-13(3-6-16)10-17(22)20-8-9-21-15(12-20)11-14(19-21)4-7-18(23)24/h2-3,5-6,11H,4,7-10,12H2,1H3,(H,23,24). The van der Waals surface area contributed by atoms with Gasteiger partial charge >= 0.3 is 5.97 Å². The minimum Gasteiger partial charge on any atom is -0.497 e. The number of hydrogen-bond donors (Lipinski definition) is 1. The van der Waals surface area contributed by atoms with Gasteiger partial charge < -0.3 is 14.7 Å². The number of carboxylic acid groups (broad SMARTS) is 1. The summed E-state index contributed by atoms with van der Waals surface area (Å²) in [4.78, 5) is 25.0. The van der Waals surface area contributed by atoms with Crippen LogP contribution in [0.3, 0.4) is 0 Å². The van der Waals surface area contributed by atoms with Gasteiger partial charge in [-0.3, -0.25) is 14.3 Å². The molecule has 132 valence electrons. The molecule has 0 saturated carbocycles. The van der Waals surface area contributed by atoms with Crippen molar-refractivity contribution in [2.45, 2.75) is 32.4 Å². The van der Waals surface area contributed by atoms with Gasteiger partial charge in [-0.05, 0) is 23.8 Å². The maximum atomic E-state index is 12.5. The number of hydrogen-bond acceptors (Lipinski definition) is 4. The van der Waals surface area contributed by atoms with E-state index >= 15 is 0 Å². The summed E-state index contributed by atoms with van der Waals surface area (Å²) in [5.74, 6) is 0.0129. The fourth-order valence-electron chi connectivity index (χ4n) is 2.93. The quantitative estimate of drug-likeness (QED) is 0.859. The van der Waals surface area contributed by atoms with Crippen molar-refractivity contribution in [3.05, 3.63) is 47.3 Å². The molecule has 0 saturated heterocycles. The van der Waals surface area contributed by atoms with Gasteiger partial charge in [0.2, 0.25) is 5.91 Å². The number of benzene rings is 1. The van der Waals surface area contributed by atoms with Crippen LogP contribution < -0.4 is 4.74 Å². The Hall–Kier alpha value is -2.83. The zero-order chi connectivity index (χ0) is 17.8. The lowest BCUT2D eigenvalue weighted by Gasteiger charge is -2.27. The van der Waals surface area contributed by atoms with Gasteiger partial charge in [0, 0.05) is 13.0 Å². The van der Waals surface area contributed by atoms with Crippen LogP contribution in [0, 0.1) is 0 Å². The molecule has 0 spiro atoms. The van der Waals surface area contributed by atoms with E-state index in [1.165, 1.54) is 0 Å². The number of methoxy groups -OCH3 is 1. The Labute approximate surface area is 145 Å². The predicted molar refractivity (Wildman–Crippen MR) is 90.3 cm³/mol. The second kappa shape index (κ2) is 7.38. The molecule has 0 bridgehead atoms. The van der Waals surface area contributed by atoms with Crippen LogP contribution in [0.1, 0.15) is 23.4 Å². The smallest absolute Gasteiger partial charge is 0.303 e. The molecule has 1 aliphatic heterocycles. The van der Waals surface area contributed by atoms with E-state index in [9.17, 15) is 9.59 Å². The summed E-state index contributed by atoms with van der Waals surface area (Å²) < 4.78 is 6.99. The number of carboxylic acids is 1. The average molecular weight is 343 g/mol. The molecular formula is C18H21N3O4. The molecule has 2 heterocycles. The van der Waals surface area contributed by atoms with E-state index < -0.39 is 5.97 Å². The van der Waals surface area contributed by atoms with Crippen molar-refractivity contribution >= 4 is 11.9 Å². The first-order valence-electron chi connectivity index (χ1n) is 8.23. The van der Waals surface area contributed by atoms with E-state index in [2.05, 4.69) is 5.10 Å². The Kier molecular flexibility index (Phi) is 5.02. The van der Waals surface area contributed by atoms with Crippen molar-refractivity contribution in [2.75, 3.05) is 13.7 Å². The number of carbonyl (C=O) groups is 2. The predicted octanol–water partition coefficient (Wildman–Crippen LogP) is 1.49. The minimum absolute atomic E-state index is 0.0660. The van der Waals surface area contributed by atoms with Gasteiger partial charge in [0.1, 0.15) is 5.75 Å². The zero-order valence-corrected chi connectivity index (χ0v) is 14.1. The van der Waals surface area contributed by atoms with Crippen LogP contribution in [0.5, 0.6) is 5.75 Å². The summed E-state index contributed by atoms with van der Waals surface area (Å²) in [7, 11) is 1.61. The SMILES string of the molecule is COc1ccc(CC(=O)N2CCn3nc(CCC(=O)O)cc3C2)cc1. The van der Waals surface area contributed by atoms with Crippen LogP contribution in [0.25, 0.3) is 0 Å². The molecule has 0 fully saturated rings. The van der Waals surface area contributed by atoms with E-state index in [4.69, 9.17) is 9.84 Å². The molecule has 1 aromatic heterocycles. The average Bonchev–Trinajstić information content (AvgIpc) is 3.02. The molecule has 25 heavy (non-hydrogen) atoms. The molecule has 1 N–H and O–H groups in total. The number of amides is 1. The monoisotopic (exact) mass is 343 g/mol. The highest BCUT2D eigenvalue weighted by molar-refractivity contribution is 5.78. The fourth-order valence-corrected chi connectivity index (χ4v) is 2.93. The third-order valence-corrected chi connectivity index (χ3v) is 4.31. The summed E-state index contributed by atoms with van der Waals surface area (Å²) >= 11 is 0. The van der Waals surface area contributed by atoms with Crippen molar-refractivity contribution < 1.29 is 19.4 Å². The first-order valence-corrected chi connectivity index (χ1v) is 8.23. The number of aryl methyl sites for hydroxylation is 1. The van der Waals surface area contributed by atoms with Gasteiger partial charge in [0.25, 0.3) is 0 Å². The summed E-state index contributed by atoms with van der Waals surface area (Å²) in [5.41, 5.74) is 2.67. The molecule has 0 unspecified atom stereocenters. The third-order valence-electron chi connectivity index (χ3n) is 4.31. The Morgan fingerprint density at radius 1 is 1.24 bits per heavy atom. The topological polar surface area (TPSA) is 84.7 Å². The summed E-state index contributed by atoms with van der Waals surface area (Å²) in [6, 6.07) is 9.39. The summed E-state index contributed by atoms with van der Waals surface area (Å²) in [6.45, 7) is 1.76. The first kappa shape index (κ1) is 17.0. The molecule has 0 aliphatic carbocycles. The highest BCUT2D eigenvalue weighted by Gasteiger charge is 2.22. The molecule has 0 atom stereocenters. The van der Waals surface area contributed by atoms with Crippen molar-refractivity contribution in [1.82, 2.24) is 14.7 Å². The van der Waals surface area contributed by atoms with E-state index in [-0.39, 0.29) is 12.3 Å². The van der Waals surface area contributed by atoms with Crippen LogP contribution in [0.4, 0.5) is 0 Å². The van der Waals surface area contributed by atoms with Gasteiger partial charge in [-0.25, -0.2) is 0 Å². The van der Waals surface area contributed by atoms with E-state index in [0.29, 0.717) is 32.5 Å². The number of rotatable bonds is 6. The number of aliphatic carboxylic acids is 1. The van der Waals surface area contributed by atoms with Crippen LogP contribution in [0.2, 0.25) is 0 Å². The maximum Gasteiger partial charge on any atom is 0.303 e. The van der Waals surface area contributed by atoms with Gasteiger partial charge in [-0.1, -0.05) is 12.1 Å². The van der Waals surface area contributed by atoms with Crippen LogP contribution in [0.15, 0.2) is 30.3 Å². The Morgan fingerprint density at radius 2 is 2.00 bits per heavy atom. The van der Waals surface area contributed by atoms with Crippen LogP contribution >= 0.6 is 0 Å². The molecule has 1 aromatic carbocycles. The molecule has 1 amide bonds. The Bertz CT molecular complexity index is 767. The minimum atomic E-state index is -0.831. The summed E-state index contributed by atoms with van der Waals surface area (Å²) in [5, 5.41) is 13.2. The Morgan fingerprint density at radius 3 is 2.68 bits per heavy atom. The number of fused-ring (bicyclic) bond motifs is 1. The lowest BCUT2D eigenvalue weighted by Crippen LogP contribution is -2.39. The molecule has 1 aliphatic rings. The highest BCUT2D eigenvalue weighted by atomic mass is 16.5. The van der Waals surface area contributed by atoms with Gasteiger partial charge in [-0.2, -0.15) is 5.10 Å². The number of nitrogens with zero attached hydrogens (tertiary/aromatic N) is 3. The first-order chi connectivity index (χ1) is 12.0. The van der Waals surface area contributed by atoms with E-state index in [0.717, 1.165) is 22.7 Å². The van der Waals surface area contributed by atoms with Crippen molar-refractivity contribution in [3.8, 4) is 5.75 Å². The molecule has 7 heteroatoms. The molecule has 7 nitrogen and oxygen atoms in total. The lowest BCUT2D eigenvalue weighted by molar-refractivity contribution is -0.137. The molecule has 2 aromatic rings. The lowest BCUT2D eigenvalue weighted by atomic mass is 10.1. The summed E-state index contributed by atoms with van der Waals surface area (Å²) in [6.07, 6.45) is 0.829. The fraction of sp³-hybridized carbons (Fsp3) is 0.389. The van der Waals surface area contributed by atoms with E-state index in [1.807, 2.05) is 39.9 Å². The van der Waals surface area contributed by atoms with Gasteiger partial charge in [0.05, 0.1) is 44.4 Å². The van der Waals surface area contributed by atoms with Crippen molar-refractivity contribution in [3.63, 3.8) is 0 Å². The highest BCUT2D eigenvalue weighted by Crippen LogP contribution is 2.17. The van der Waals surface area contributed by atoms with Gasteiger partial charge in [-0.15, -0.1) is 0 Å². The number of carbonyl (C=O) groups excluding carboxylic acids is 1. The zero-order valence-electron chi connectivity index (χ0n) is 14.1. The number of aromatic nitrogens is 2. The molecular weight excluding hydrogens is 322 g/mol. The molecule has 3 rings (SSSR count). The van der Waals surface area contributed by atoms with Crippen LogP contribution in [-0.2, 0) is 35.5 Å². The van der Waals surface area contributed by atoms with Gasteiger partial charge in [0.15, 0.2) is 0 Å². The normalized spacial score (nSPS) is 13.4. The van der Waals surface area contributed by atoms with Crippen molar-refractivity contribution in [2.24, 2.45) is 0 Å². The largest absolute Gasteiger partial charge is 0.497 e. The second-order valence-corrected chi connectivity index (χ2v) is 6.08. The third kappa shape index (κ3) is 4.17. The molecule has 0 radical (unpaired) electrons.